The molecular weight excluding hydrogens is 420 g/mol. The maximum Gasteiger partial charge on any atom is 0.340 e. The number of amides is 1. The van der Waals surface area contributed by atoms with Gasteiger partial charge in [0.2, 0.25) is 5.91 Å². The molecule has 2 aliphatic rings. The Balaban J connectivity index is 1.44. The highest BCUT2D eigenvalue weighted by Crippen LogP contribution is 2.35. The predicted molar refractivity (Wildman–Crippen MR) is 116 cm³/mol. The van der Waals surface area contributed by atoms with Crippen LogP contribution in [-0.4, -0.2) is 33.6 Å². The SMILES string of the molecule is Cc1c(CC(=O)N2C[C@@H]3C[C@H](C2)c2cccc(=O)n2C3)c(=O)oc2cc(O)c(Cl)cc12. The second-order valence-electron chi connectivity index (χ2n) is 8.47. The lowest BCUT2D eigenvalue weighted by Crippen LogP contribution is -2.49. The molecule has 0 aliphatic carbocycles. The zero-order valence-corrected chi connectivity index (χ0v) is 17.7. The number of piperidine rings is 1. The molecule has 2 aromatic heterocycles. The Hall–Kier alpha value is -3.06. The maximum absolute atomic E-state index is 13.1. The van der Waals surface area contributed by atoms with E-state index in [1.807, 2.05) is 10.6 Å². The number of carbonyl (C=O) groups is 1. The number of halogens is 1. The lowest BCUT2D eigenvalue weighted by Gasteiger charge is -2.42. The molecule has 160 valence electrons. The minimum absolute atomic E-state index is 0.000991. The zero-order valence-electron chi connectivity index (χ0n) is 16.9. The summed E-state index contributed by atoms with van der Waals surface area (Å²) in [4.78, 5) is 39.7. The molecule has 2 bridgehead atoms. The molecule has 4 heterocycles. The minimum atomic E-state index is -0.589. The molecule has 31 heavy (non-hydrogen) atoms. The third-order valence-corrected chi connectivity index (χ3v) is 6.82. The molecule has 1 amide bonds. The van der Waals surface area contributed by atoms with Gasteiger partial charge in [-0.2, -0.15) is 0 Å². The summed E-state index contributed by atoms with van der Waals surface area (Å²) in [6, 6.07) is 8.14. The molecule has 2 atom stereocenters. The minimum Gasteiger partial charge on any atom is -0.506 e. The lowest BCUT2D eigenvalue weighted by molar-refractivity contribution is -0.133. The Bertz CT molecular complexity index is 1340. The second-order valence-corrected chi connectivity index (χ2v) is 8.87. The number of rotatable bonds is 2. The smallest absolute Gasteiger partial charge is 0.340 e. The number of aromatic nitrogens is 1. The van der Waals surface area contributed by atoms with Crippen LogP contribution in [0, 0.1) is 12.8 Å². The van der Waals surface area contributed by atoms with E-state index in [0.717, 1.165) is 12.1 Å². The van der Waals surface area contributed by atoms with Gasteiger partial charge in [-0.25, -0.2) is 4.79 Å². The van der Waals surface area contributed by atoms with Gasteiger partial charge in [-0.05, 0) is 37.0 Å². The number of aryl methyl sites for hydroxylation is 1. The molecule has 1 fully saturated rings. The lowest BCUT2D eigenvalue weighted by atomic mass is 9.83. The van der Waals surface area contributed by atoms with Crippen molar-refractivity contribution in [2.45, 2.75) is 32.2 Å². The van der Waals surface area contributed by atoms with Crippen molar-refractivity contribution in [1.29, 1.82) is 0 Å². The summed E-state index contributed by atoms with van der Waals surface area (Å²) >= 11 is 6.02. The van der Waals surface area contributed by atoms with Gasteiger partial charge >= 0.3 is 5.63 Å². The summed E-state index contributed by atoms with van der Waals surface area (Å²) in [5.41, 5.74) is 1.53. The standard InChI is InChI=1S/C23H21ClN2O5/c1-12-15-6-17(24)19(27)8-20(15)31-23(30)16(12)7-22(29)25-9-13-5-14(11-25)18-3-2-4-21(28)26(18)10-13/h2-4,6,8,13-14,27H,5,7,9-11H2,1H3/t13-,14+/m0/s1. The van der Waals surface area contributed by atoms with Crippen LogP contribution in [0.4, 0.5) is 0 Å². The van der Waals surface area contributed by atoms with Crippen LogP contribution in [0.25, 0.3) is 11.0 Å². The molecule has 3 aromatic rings. The van der Waals surface area contributed by atoms with Crippen LogP contribution in [0.1, 0.15) is 29.2 Å². The Labute approximate surface area is 182 Å². The Morgan fingerprint density at radius 3 is 2.84 bits per heavy atom. The molecule has 7 nitrogen and oxygen atoms in total. The van der Waals surface area contributed by atoms with E-state index in [1.54, 1.807) is 30.0 Å². The van der Waals surface area contributed by atoms with Crippen molar-refractivity contribution in [3.63, 3.8) is 0 Å². The topological polar surface area (TPSA) is 92.8 Å². The number of phenols is 1. The number of likely N-dealkylation sites (tertiary alicyclic amines) is 1. The van der Waals surface area contributed by atoms with E-state index in [2.05, 4.69) is 0 Å². The number of aromatic hydroxyl groups is 1. The number of hydrogen-bond donors (Lipinski definition) is 1. The average Bonchev–Trinajstić information content (AvgIpc) is 2.73. The first kappa shape index (κ1) is 19.9. The number of pyridine rings is 1. The summed E-state index contributed by atoms with van der Waals surface area (Å²) < 4.78 is 7.17. The van der Waals surface area contributed by atoms with Crippen molar-refractivity contribution in [3.05, 3.63) is 72.9 Å². The first-order chi connectivity index (χ1) is 14.8. The number of phenolic OH excluding ortho intramolecular Hbond substituents is 1. The van der Waals surface area contributed by atoms with Gasteiger partial charge in [0.15, 0.2) is 0 Å². The summed E-state index contributed by atoms with van der Waals surface area (Å²) in [5.74, 6) is 0.0216. The molecule has 1 aromatic carbocycles. The van der Waals surface area contributed by atoms with Crippen LogP contribution in [0.2, 0.25) is 5.02 Å². The van der Waals surface area contributed by atoms with E-state index in [0.29, 0.717) is 36.1 Å². The van der Waals surface area contributed by atoms with Crippen molar-refractivity contribution in [2.24, 2.45) is 5.92 Å². The summed E-state index contributed by atoms with van der Waals surface area (Å²) in [6.07, 6.45) is 0.885. The van der Waals surface area contributed by atoms with E-state index in [9.17, 15) is 19.5 Å². The normalized spacial score (nSPS) is 20.0. The molecule has 2 aliphatic heterocycles. The molecule has 0 spiro atoms. The van der Waals surface area contributed by atoms with E-state index in [-0.39, 0.29) is 46.1 Å². The van der Waals surface area contributed by atoms with Crippen LogP contribution in [0.3, 0.4) is 0 Å². The fraction of sp³-hybridized carbons (Fsp3) is 0.348. The molecule has 0 saturated carbocycles. The number of hydrogen-bond acceptors (Lipinski definition) is 5. The maximum atomic E-state index is 13.1. The van der Waals surface area contributed by atoms with Crippen LogP contribution >= 0.6 is 11.6 Å². The largest absolute Gasteiger partial charge is 0.506 e. The summed E-state index contributed by atoms with van der Waals surface area (Å²) in [5, 5.41) is 10.5. The third-order valence-electron chi connectivity index (χ3n) is 6.52. The van der Waals surface area contributed by atoms with Crippen molar-refractivity contribution in [2.75, 3.05) is 13.1 Å². The average molecular weight is 441 g/mol. The van der Waals surface area contributed by atoms with Gasteiger partial charge < -0.3 is 19.0 Å². The van der Waals surface area contributed by atoms with Crippen molar-refractivity contribution in [3.8, 4) is 5.75 Å². The number of fused-ring (bicyclic) bond motifs is 5. The van der Waals surface area contributed by atoms with Crippen molar-refractivity contribution >= 4 is 28.5 Å². The molecule has 0 radical (unpaired) electrons. The highest BCUT2D eigenvalue weighted by Gasteiger charge is 2.36. The van der Waals surface area contributed by atoms with Crippen LogP contribution < -0.4 is 11.2 Å². The summed E-state index contributed by atoms with van der Waals surface area (Å²) in [7, 11) is 0. The van der Waals surface area contributed by atoms with Gasteiger partial charge in [-0.15, -0.1) is 0 Å². The Kier molecular flexibility index (Phi) is 4.66. The second kappa shape index (κ2) is 7.27. The van der Waals surface area contributed by atoms with E-state index in [1.165, 1.54) is 6.07 Å². The van der Waals surface area contributed by atoms with Crippen molar-refractivity contribution in [1.82, 2.24) is 9.47 Å². The number of benzene rings is 1. The zero-order chi connectivity index (χ0) is 21.9. The Morgan fingerprint density at radius 1 is 1.23 bits per heavy atom. The third kappa shape index (κ3) is 3.33. The monoisotopic (exact) mass is 440 g/mol. The van der Waals surface area contributed by atoms with Gasteiger partial charge in [0.25, 0.3) is 5.56 Å². The quantitative estimate of drug-likeness (QED) is 0.618. The van der Waals surface area contributed by atoms with Crippen LogP contribution in [0.5, 0.6) is 5.75 Å². The van der Waals surface area contributed by atoms with Gasteiger partial charge in [0.05, 0.1) is 17.0 Å². The molecule has 1 N–H and O–H groups in total. The van der Waals surface area contributed by atoms with Gasteiger partial charge in [-0.1, -0.05) is 17.7 Å². The highest BCUT2D eigenvalue weighted by atomic mass is 35.5. The molecular formula is C23H21ClN2O5. The fourth-order valence-corrected chi connectivity index (χ4v) is 5.13. The number of nitrogens with zero attached hydrogens (tertiary/aromatic N) is 2. The Morgan fingerprint density at radius 2 is 2.03 bits per heavy atom. The van der Waals surface area contributed by atoms with Gasteiger partial charge in [-0.3, -0.25) is 9.59 Å². The highest BCUT2D eigenvalue weighted by molar-refractivity contribution is 6.32. The molecule has 5 rings (SSSR count). The van der Waals surface area contributed by atoms with Crippen LogP contribution in [0.15, 0.2) is 44.3 Å². The molecule has 1 saturated heterocycles. The first-order valence-corrected chi connectivity index (χ1v) is 10.6. The van der Waals surface area contributed by atoms with Gasteiger partial charge in [0.1, 0.15) is 11.3 Å². The molecule has 0 unspecified atom stereocenters. The first-order valence-electron chi connectivity index (χ1n) is 10.2. The predicted octanol–water partition coefficient (Wildman–Crippen LogP) is 2.81. The number of carbonyl (C=O) groups excluding carboxylic acids is 1. The van der Waals surface area contributed by atoms with E-state index < -0.39 is 5.63 Å². The van der Waals surface area contributed by atoms with E-state index >= 15 is 0 Å². The molecule has 8 heteroatoms. The van der Waals surface area contributed by atoms with Gasteiger partial charge in [0, 0.05) is 48.8 Å². The van der Waals surface area contributed by atoms with Crippen LogP contribution in [-0.2, 0) is 17.8 Å². The fourth-order valence-electron chi connectivity index (χ4n) is 4.97. The summed E-state index contributed by atoms with van der Waals surface area (Å²) in [6.45, 7) is 3.45. The van der Waals surface area contributed by atoms with E-state index in [4.69, 9.17) is 16.0 Å². The van der Waals surface area contributed by atoms with Crippen molar-refractivity contribution < 1.29 is 14.3 Å².